The van der Waals surface area contributed by atoms with Crippen LogP contribution in [0.3, 0.4) is 0 Å². The Kier molecular flexibility index (Phi) is 8.18. The highest BCUT2D eigenvalue weighted by atomic mass is 16.5. The summed E-state index contributed by atoms with van der Waals surface area (Å²) in [5, 5.41) is 8.85. The van der Waals surface area contributed by atoms with Crippen molar-refractivity contribution in [2.45, 2.75) is 52.4 Å². The molecular weight excluding hydrogens is 282 g/mol. The molecule has 0 bridgehead atoms. The van der Waals surface area contributed by atoms with Gasteiger partial charge in [0.15, 0.2) is 0 Å². The minimum atomic E-state index is -1.11. The molecule has 5 heteroatoms. The third-order valence-electron chi connectivity index (χ3n) is 3.38. The van der Waals surface area contributed by atoms with Gasteiger partial charge in [-0.05, 0) is 18.4 Å². The summed E-state index contributed by atoms with van der Waals surface area (Å²) in [5.41, 5.74) is 0.163. The highest BCUT2D eigenvalue weighted by Gasteiger charge is 2.11. The first-order chi connectivity index (χ1) is 10.5. The van der Waals surface area contributed by atoms with Gasteiger partial charge in [0.25, 0.3) is 0 Å². The Morgan fingerprint density at radius 3 is 2.41 bits per heavy atom. The Morgan fingerprint density at radius 1 is 1.09 bits per heavy atom. The van der Waals surface area contributed by atoms with E-state index >= 15 is 0 Å². The number of carboxylic acid groups (broad SMARTS) is 1. The van der Waals surface area contributed by atoms with Crippen molar-refractivity contribution in [3.8, 4) is 0 Å². The average Bonchev–Trinajstić information content (AvgIpc) is 2.49. The first kappa shape index (κ1) is 18.1. The molecular formula is C17H25NO4. The maximum Gasteiger partial charge on any atom is 0.339 e. The Hall–Kier alpha value is -1.91. The first-order valence-electron chi connectivity index (χ1n) is 7.86. The molecule has 1 aromatic heterocycles. The zero-order valence-corrected chi connectivity index (χ0v) is 13.4. The normalized spacial score (nSPS) is 10.7. The summed E-state index contributed by atoms with van der Waals surface area (Å²) >= 11 is 0. The van der Waals surface area contributed by atoms with E-state index in [-0.39, 0.29) is 11.1 Å². The van der Waals surface area contributed by atoms with Gasteiger partial charge < -0.3 is 9.84 Å². The summed E-state index contributed by atoms with van der Waals surface area (Å²) in [5.74, 6) is -0.866. The lowest BCUT2D eigenvalue weighted by Crippen LogP contribution is -2.08. The first-order valence-corrected chi connectivity index (χ1v) is 7.86. The molecule has 1 N–H and O–H groups in total. The highest BCUT2D eigenvalue weighted by molar-refractivity contribution is 5.93. The molecule has 0 aliphatic rings. The predicted molar refractivity (Wildman–Crippen MR) is 84.0 cm³/mol. The maximum absolute atomic E-state index is 11.8. The number of hydrogen-bond donors (Lipinski definition) is 1. The topological polar surface area (TPSA) is 76.5 Å². The molecule has 1 rings (SSSR count). The molecule has 0 fully saturated rings. The van der Waals surface area contributed by atoms with Crippen LogP contribution in [0.2, 0.25) is 0 Å². The number of aromatic nitrogens is 1. The molecule has 0 amide bonds. The molecule has 0 spiro atoms. The molecule has 0 aliphatic heterocycles. The second-order valence-electron chi connectivity index (χ2n) is 5.85. The minimum Gasteiger partial charge on any atom is -0.478 e. The standard InChI is InChI=1S/C17H25NO4/c1-13(2)8-6-4-3-5-7-9-22-17(21)15-10-14(16(19)20)11-18-12-15/h10-13H,3-9H2,1-2H3,(H,19,20). The van der Waals surface area contributed by atoms with Crippen LogP contribution in [0, 0.1) is 5.92 Å². The van der Waals surface area contributed by atoms with Crippen molar-refractivity contribution in [1.82, 2.24) is 4.98 Å². The Balaban J connectivity index is 2.18. The van der Waals surface area contributed by atoms with E-state index in [1.54, 1.807) is 0 Å². The van der Waals surface area contributed by atoms with Gasteiger partial charge in [0.2, 0.25) is 0 Å². The molecule has 0 aliphatic carbocycles. The number of ether oxygens (including phenoxy) is 1. The van der Waals surface area contributed by atoms with Crippen LogP contribution in [0.4, 0.5) is 0 Å². The van der Waals surface area contributed by atoms with Gasteiger partial charge in [-0.1, -0.05) is 46.0 Å². The second kappa shape index (κ2) is 9.92. The lowest BCUT2D eigenvalue weighted by Gasteiger charge is -2.06. The van der Waals surface area contributed by atoms with Gasteiger partial charge in [0.1, 0.15) is 0 Å². The molecule has 0 saturated carbocycles. The van der Waals surface area contributed by atoms with Gasteiger partial charge in [0.05, 0.1) is 17.7 Å². The van der Waals surface area contributed by atoms with Crippen molar-refractivity contribution in [3.63, 3.8) is 0 Å². The summed E-state index contributed by atoms with van der Waals surface area (Å²) in [6.45, 7) is 4.82. The fourth-order valence-corrected chi connectivity index (χ4v) is 2.10. The van der Waals surface area contributed by atoms with Gasteiger partial charge in [-0.25, -0.2) is 9.59 Å². The third-order valence-corrected chi connectivity index (χ3v) is 3.38. The number of carboxylic acids is 1. The number of hydrogen-bond acceptors (Lipinski definition) is 4. The van der Waals surface area contributed by atoms with Gasteiger partial charge in [-0.15, -0.1) is 0 Å². The monoisotopic (exact) mass is 307 g/mol. The fourth-order valence-electron chi connectivity index (χ4n) is 2.10. The van der Waals surface area contributed by atoms with E-state index in [1.807, 2.05) is 0 Å². The SMILES string of the molecule is CC(C)CCCCCCCOC(=O)c1cncc(C(=O)O)c1. The molecule has 1 aromatic rings. The van der Waals surface area contributed by atoms with E-state index in [2.05, 4.69) is 18.8 Å². The molecule has 1 heterocycles. The largest absolute Gasteiger partial charge is 0.478 e. The Morgan fingerprint density at radius 2 is 1.73 bits per heavy atom. The Labute approximate surface area is 131 Å². The molecule has 22 heavy (non-hydrogen) atoms. The third kappa shape index (κ3) is 7.20. The van der Waals surface area contributed by atoms with Crippen molar-refractivity contribution >= 4 is 11.9 Å². The highest BCUT2D eigenvalue weighted by Crippen LogP contribution is 2.11. The van der Waals surface area contributed by atoms with Gasteiger partial charge in [0, 0.05) is 12.4 Å². The van der Waals surface area contributed by atoms with E-state index in [0.29, 0.717) is 6.61 Å². The van der Waals surface area contributed by atoms with Crippen molar-refractivity contribution in [2.24, 2.45) is 5.92 Å². The predicted octanol–water partition coefficient (Wildman–Crippen LogP) is 3.93. The molecule has 0 radical (unpaired) electrons. The minimum absolute atomic E-state index is 0.0143. The fraction of sp³-hybridized carbons (Fsp3) is 0.588. The number of nitrogens with zero attached hydrogens (tertiary/aromatic N) is 1. The summed E-state index contributed by atoms with van der Waals surface area (Å²) in [7, 11) is 0. The van der Waals surface area contributed by atoms with E-state index < -0.39 is 11.9 Å². The molecule has 0 aromatic carbocycles. The van der Waals surface area contributed by atoms with Gasteiger partial charge in [-0.3, -0.25) is 4.98 Å². The summed E-state index contributed by atoms with van der Waals surface area (Å²) in [6.07, 6.45) is 9.29. The lowest BCUT2D eigenvalue weighted by atomic mass is 10.0. The van der Waals surface area contributed by atoms with Gasteiger partial charge in [-0.2, -0.15) is 0 Å². The van der Waals surface area contributed by atoms with Crippen molar-refractivity contribution in [3.05, 3.63) is 29.6 Å². The van der Waals surface area contributed by atoms with Crippen LogP contribution in [0.1, 0.15) is 73.1 Å². The van der Waals surface area contributed by atoms with E-state index in [1.165, 1.54) is 37.7 Å². The van der Waals surface area contributed by atoms with Crippen LogP contribution in [0.5, 0.6) is 0 Å². The number of esters is 1. The van der Waals surface area contributed by atoms with Crippen molar-refractivity contribution in [1.29, 1.82) is 0 Å². The van der Waals surface area contributed by atoms with Crippen molar-refractivity contribution < 1.29 is 19.4 Å². The van der Waals surface area contributed by atoms with Crippen LogP contribution >= 0.6 is 0 Å². The van der Waals surface area contributed by atoms with E-state index in [0.717, 1.165) is 25.2 Å². The molecule has 0 saturated heterocycles. The number of carbonyl (C=O) groups is 2. The number of rotatable bonds is 10. The lowest BCUT2D eigenvalue weighted by molar-refractivity contribution is 0.0497. The van der Waals surface area contributed by atoms with E-state index in [4.69, 9.17) is 9.84 Å². The number of pyridine rings is 1. The zero-order chi connectivity index (χ0) is 16.4. The summed E-state index contributed by atoms with van der Waals surface area (Å²) < 4.78 is 5.14. The summed E-state index contributed by atoms with van der Waals surface area (Å²) in [6, 6.07) is 1.28. The van der Waals surface area contributed by atoms with Crippen LogP contribution in [-0.2, 0) is 4.74 Å². The van der Waals surface area contributed by atoms with Crippen LogP contribution in [0.15, 0.2) is 18.5 Å². The smallest absolute Gasteiger partial charge is 0.339 e. The van der Waals surface area contributed by atoms with Crippen LogP contribution < -0.4 is 0 Å². The zero-order valence-electron chi connectivity index (χ0n) is 13.4. The maximum atomic E-state index is 11.8. The average molecular weight is 307 g/mol. The quantitative estimate of drug-likeness (QED) is 0.523. The molecule has 5 nitrogen and oxygen atoms in total. The van der Waals surface area contributed by atoms with Crippen molar-refractivity contribution in [2.75, 3.05) is 6.61 Å². The Bertz CT molecular complexity index is 485. The number of unbranched alkanes of at least 4 members (excludes halogenated alkanes) is 4. The molecule has 122 valence electrons. The summed E-state index contributed by atoms with van der Waals surface area (Å²) in [4.78, 5) is 26.3. The van der Waals surface area contributed by atoms with Crippen LogP contribution in [-0.4, -0.2) is 28.6 Å². The van der Waals surface area contributed by atoms with Gasteiger partial charge >= 0.3 is 11.9 Å². The molecule has 0 unspecified atom stereocenters. The molecule has 0 atom stereocenters. The van der Waals surface area contributed by atoms with E-state index in [9.17, 15) is 9.59 Å². The van der Waals surface area contributed by atoms with Crippen LogP contribution in [0.25, 0.3) is 0 Å². The second-order valence-corrected chi connectivity index (χ2v) is 5.85. The number of carbonyl (C=O) groups excluding carboxylic acids is 1. The number of aromatic carboxylic acids is 1.